The average Bonchev–Trinajstić information content (AvgIpc) is 3.24. The van der Waals surface area contributed by atoms with Gasteiger partial charge in [0, 0.05) is 49.6 Å². The molecule has 1 fully saturated rings. The van der Waals surface area contributed by atoms with Gasteiger partial charge in [-0.1, -0.05) is 48.5 Å². The molecule has 3 N–H and O–H groups in total. The summed E-state index contributed by atoms with van der Waals surface area (Å²) in [4.78, 5) is 27.2. The van der Waals surface area contributed by atoms with Crippen molar-refractivity contribution >= 4 is 17.6 Å². The van der Waals surface area contributed by atoms with E-state index < -0.39 is 11.6 Å². The number of esters is 2. The average molecular weight is 492 g/mol. The van der Waals surface area contributed by atoms with Crippen LogP contribution in [0.25, 0.3) is 0 Å². The number of hydrogen-bond donors (Lipinski definition) is 2. The van der Waals surface area contributed by atoms with E-state index in [9.17, 15) is 9.59 Å². The maximum atomic E-state index is 12.9. The number of likely N-dealkylation sites (tertiary alicyclic amines) is 1. The molecule has 0 bridgehead atoms. The summed E-state index contributed by atoms with van der Waals surface area (Å²) in [6, 6.07) is 19.9. The van der Waals surface area contributed by atoms with Crippen LogP contribution in [0.15, 0.2) is 83.2 Å². The number of nitrogen functional groups attached to an aromatic ring is 1. The summed E-state index contributed by atoms with van der Waals surface area (Å²) in [5.74, 6) is -0.789. The van der Waals surface area contributed by atoms with Crippen molar-refractivity contribution in [1.82, 2.24) is 10.2 Å². The zero-order valence-electron chi connectivity index (χ0n) is 21.7. The second-order valence-corrected chi connectivity index (χ2v) is 9.51. The van der Waals surface area contributed by atoms with Crippen molar-refractivity contribution in [3.8, 4) is 0 Å². The first-order valence-corrected chi connectivity index (χ1v) is 12.3. The van der Waals surface area contributed by atoms with Crippen LogP contribution in [0.2, 0.25) is 0 Å². The van der Waals surface area contributed by atoms with Gasteiger partial charge in [-0.25, -0.2) is 9.59 Å². The van der Waals surface area contributed by atoms with Crippen LogP contribution >= 0.6 is 0 Å². The van der Waals surface area contributed by atoms with Crippen LogP contribution in [0.5, 0.6) is 0 Å². The van der Waals surface area contributed by atoms with Gasteiger partial charge in [0.1, 0.15) is 5.60 Å². The monoisotopic (exact) mass is 491 g/mol. The van der Waals surface area contributed by atoms with E-state index in [4.69, 9.17) is 15.2 Å². The molecule has 1 atom stereocenters. The third-order valence-electron chi connectivity index (χ3n) is 6.53. The van der Waals surface area contributed by atoms with E-state index in [1.54, 1.807) is 6.92 Å². The predicted octanol–water partition coefficient (Wildman–Crippen LogP) is 4.22. The normalized spacial score (nSPS) is 19.8. The molecule has 7 heteroatoms. The number of carbonyl (C=O) groups excluding carboxylic acids is 2. The number of nitrogens with zero attached hydrogens (tertiary/aromatic N) is 1. The van der Waals surface area contributed by atoms with Gasteiger partial charge in [0.05, 0.1) is 18.3 Å². The Kier molecular flexibility index (Phi) is 9.31. The number of nitrogens with one attached hydrogen (secondary N) is 1. The quantitative estimate of drug-likeness (QED) is 0.462. The SMILES string of the molecule is COC(=O)C1=C(C)NC(C)=C(C(=O)OC2(C)CCN(CCc3ccccc3)C2)C1.Nc1ccccc1. The Morgan fingerprint density at radius 2 is 1.56 bits per heavy atom. The number of para-hydroxylation sites is 1. The van der Waals surface area contributed by atoms with E-state index in [1.165, 1.54) is 12.7 Å². The van der Waals surface area contributed by atoms with Gasteiger partial charge in [-0.05, 0) is 44.9 Å². The predicted molar refractivity (Wildman–Crippen MR) is 142 cm³/mol. The molecule has 2 heterocycles. The van der Waals surface area contributed by atoms with Gasteiger partial charge < -0.3 is 20.5 Å². The van der Waals surface area contributed by atoms with Crippen LogP contribution in [0.4, 0.5) is 5.69 Å². The summed E-state index contributed by atoms with van der Waals surface area (Å²) in [7, 11) is 1.34. The van der Waals surface area contributed by atoms with Gasteiger partial charge in [0.2, 0.25) is 0 Å². The van der Waals surface area contributed by atoms with Crippen LogP contribution in [0.1, 0.15) is 39.2 Å². The first-order chi connectivity index (χ1) is 17.2. The number of carbonyl (C=O) groups is 2. The van der Waals surface area contributed by atoms with Crippen molar-refractivity contribution in [3.05, 3.63) is 88.8 Å². The van der Waals surface area contributed by atoms with Crippen molar-refractivity contribution in [1.29, 1.82) is 0 Å². The van der Waals surface area contributed by atoms with Gasteiger partial charge >= 0.3 is 11.9 Å². The van der Waals surface area contributed by atoms with Crippen LogP contribution in [-0.2, 0) is 25.5 Å². The number of benzene rings is 2. The maximum absolute atomic E-state index is 12.9. The number of nitrogens with two attached hydrogens (primary N) is 1. The molecule has 7 nitrogen and oxygen atoms in total. The fourth-order valence-corrected chi connectivity index (χ4v) is 4.42. The molecule has 1 unspecified atom stereocenters. The van der Waals surface area contributed by atoms with Crippen molar-refractivity contribution in [2.24, 2.45) is 0 Å². The summed E-state index contributed by atoms with van der Waals surface area (Å²) in [5.41, 5.74) is 9.35. The molecule has 192 valence electrons. The van der Waals surface area contributed by atoms with Gasteiger partial charge in [-0.15, -0.1) is 0 Å². The molecular weight excluding hydrogens is 454 g/mol. The Bertz CT molecular complexity index is 1110. The fraction of sp³-hybridized carbons (Fsp3) is 0.379. The molecule has 1 saturated heterocycles. The molecule has 0 spiro atoms. The fourth-order valence-electron chi connectivity index (χ4n) is 4.42. The minimum Gasteiger partial charge on any atom is -0.466 e. The maximum Gasteiger partial charge on any atom is 0.336 e. The van der Waals surface area contributed by atoms with Crippen molar-refractivity contribution < 1.29 is 19.1 Å². The van der Waals surface area contributed by atoms with E-state index in [-0.39, 0.29) is 12.4 Å². The van der Waals surface area contributed by atoms with Crippen molar-refractivity contribution in [2.45, 2.75) is 45.6 Å². The first-order valence-electron chi connectivity index (χ1n) is 12.3. The Morgan fingerprint density at radius 1 is 0.972 bits per heavy atom. The van der Waals surface area contributed by atoms with Crippen LogP contribution in [0.3, 0.4) is 0 Å². The topological polar surface area (TPSA) is 93.9 Å². The number of rotatable bonds is 6. The van der Waals surface area contributed by atoms with E-state index in [0.717, 1.165) is 37.3 Å². The second kappa shape index (κ2) is 12.4. The molecule has 0 amide bonds. The summed E-state index contributed by atoms with van der Waals surface area (Å²) >= 11 is 0. The summed E-state index contributed by atoms with van der Waals surface area (Å²) in [6.45, 7) is 8.18. The molecule has 0 aromatic heterocycles. The third-order valence-corrected chi connectivity index (χ3v) is 6.53. The van der Waals surface area contributed by atoms with Crippen LogP contribution in [0, 0.1) is 0 Å². The smallest absolute Gasteiger partial charge is 0.336 e. The Morgan fingerprint density at radius 3 is 2.11 bits per heavy atom. The number of anilines is 1. The Labute approximate surface area is 214 Å². The van der Waals surface area contributed by atoms with Gasteiger partial charge in [-0.3, -0.25) is 4.90 Å². The lowest BCUT2D eigenvalue weighted by Crippen LogP contribution is -2.37. The highest BCUT2D eigenvalue weighted by Gasteiger charge is 2.38. The molecule has 4 rings (SSSR count). The van der Waals surface area contributed by atoms with Gasteiger partial charge in [0.25, 0.3) is 0 Å². The minimum atomic E-state index is -0.525. The standard InChI is InChI=1S/C23H30N2O4.C6H7N/c1-16-19(21(26)28-4)14-20(17(2)24-16)22(27)29-23(3)11-13-25(15-23)12-10-18-8-6-5-7-9-18;7-6-4-2-1-3-5-6/h5-9,24H,10-15H2,1-4H3;1-5H,7H2. The Hall–Kier alpha value is -3.58. The number of hydrogen-bond acceptors (Lipinski definition) is 7. The summed E-state index contributed by atoms with van der Waals surface area (Å²) in [6.07, 6.45) is 2.00. The molecule has 2 aromatic carbocycles. The number of ether oxygens (including phenoxy) is 2. The molecule has 36 heavy (non-hydrogen) atoms. The van der Waals surface area contributed by atoms with Crippen molar-refractivity contribution in [3.63, 3.8) is 0 Å². The molecule has 2 aromatic rings. The molecule has 2 aliphatic rings. The molecule has 2 aliphatic heterocycles. The van der Waals surface area contributed by atoms with E-state index in [1.807, 2.05) is 50.2 Å². The van der Waals surface area contributed by atoms with Gasteiger partial charge in [-0.2, -0.15) is 0 Å². The van der Waals surface area contributed by atoms with E-state index in [2.05, 4.69) is 34.5 Å². The third kappa shape index (κ3) is 7.46. The number of allylic oxidation sites excluding steroid dienone is 2. The molecule has 0 saturated carbocycles. The number of methoxy groups -OCH3 is 1. The minimum absolute atomic E-state index is 0.226. The zero-order chi connectivity index (χ0) is 26.1. The second-order valence-electron chi connectivity index (χ2n) is 9.51. The molecule has 0 aliphatic carbocycles. The molecular formula is C29H37N3O4. The highest BCUT2D eigenvalue weighted by Crippen LogP contribution is 2.30. The number of dihydropyridines is 1. The largest absolute Gasteiger partial charge is 0.466 e. The summed E-state index contributed by atoms with van der Waals surface area (Å²) < 4.78 is 10.8. The lowest BCUT2D eigenvalue weighted by atomic mass is 9.97. The lowest BCUT2D eigenvalue weighted by Gasteiger charge is -2.28. The first kappa shape index (κ1) is 27.0. The summed E-state index contributed by atoms with van der Waals surface area (Å²) in [5, 5.41) is 3.11. The van der Waals surface area contributed by atoms with Crippen LogP contribution in [-0.4, -0.2) is 49.2 Å². The molecule has 0 radical (unpaired) electrons. The van der Waals surface area contributed by atoms with E-state index >= 15 is 0 Å². The zero-order valence-corrected chi connectivity index (χ0v) is 21.7. The van der Waals surface area contributed by atoms with Crippen LogP contribution < -0.4 is 11.1 Å². The van der Waals surface area contributed by atoms with E-state index in [0.29, 0.717) is 23.4 Å². The highest BCUT2D eigenvalue weighted by atomic mass is 16.6. The Balaban J connectivity index is 0.000000444. The van der Waals surface area contributed by atoms with Gasteiger partial charge in [0.15, 0.2) is 0 Å². The highest BCUT2D eigenvalue weighted by molar-refractivity contribution is 5.96. The lowest BCUT2D eigenvalue weighted by molar-refractivity contribution is -0.152. The van der Waals surface area contributed by atoms with Crippen molar-refractivity contribution in [2.75, 3.05) is 32.5 Å².